The van der Waals surface area contributed by atoms with Gasteiger partial charge in [0.2, 0.25) is 5.91 Å². The summed E-state index contributed by atoms with van der Waals surface area (Å²) in [6.07, 6.45) is 6.80. The van der Waals surface area contributed by atoms with Crippen molar-refractivity contribution in [2.24, 2.45) is 11.8 Å². The zero-order valence-electron chi connectivity index (χ0n) is 14.3. The first-order valence-corrected chi connectivity index (χ1v) is 10.1. The summed E-state index contributed by atoms with van der Waals surface area (Å²) in [4.78, 5) is 18.0. The predicted molar refractivity (Wildman–Crippen MR) is 95.0 cm³/mol. The second-order valence-electron chi connectivity index (χ2n) is 7.53. The van der Waals surface area contributed by atoms with E-state index in [1.807, 2.05) is 18.0 Å². The first kappa shape index (κ1) is 16.7. The molecule has 3 heterocycles. The van der Waals surface area contributed by atoms with Crippen molar-refractivity contribution in [3.63, 3.8) is 0 Å². The Morgan fingerprint density at radius 1 is 1.29 bits per heavy atom. The number of carbonyl (C=O) groups excluding carboxylic acids is 1. The molecular weight excluding hydrogens is 324 g/mol. The molecule has 6 nitrogen and oxygen atoms in total. The first-order valence-electron chi connectivity index (χ1n) is 9.26. The second kappa shape index (κ2) is 7.23. The molecule has 0 aromatic heterocycles. The molecule has 0 aromatic rings. The number of hydrogen-bond donors (Lipinski definition) is 3. The molecule has 1 aliphatic carbocycles. The molecule has 3 fully saturated rings. The summed E-state index contributed by atoms with van der Waals surface area (Å²) >= 11 is 2.00. The molecule has 4 aliphatic rings. The smallest absolute Gasteiger partial charge is 0.244 e. The fraction of sp³-hybridized carbons (Fsp3) is 0.824. The Kier molecular flexibility index (Phi) is 5.03. The molecule has 7 heteroatoms. The van der Waals surface area contributed by atoms with Gasteiger partial charge in [-0.25, -0.2) is 4.31 Å². The summed E-state index contributed by atoms with van der Waals surface area (Å²) < 4.78 is 2.45. The van der Waals surface area contributed by atoms with Gasteiger partial charge in [0.1, 0.15) is 11.8 Å². The van der Waals surface area contributed by atoms with Gasteiger partial charge in [-0.3, -0.25) is 4.79 Å². The molecule has 0 aromatic carbocycles. The Balaban J connectivity index is 1.26. The van der Waals surface area contributed by atoms with E-state index in [1.165, 1.54) is 25.7 Å². The maximum atomic E-state index is 12.5. The number of allylic oxidation sites excluding steroid dienone is 1. The molecule has 134 valence electrons. The molecule has 0 bridgehead atoms. The van der Waals surface area contributed by atoms with E-state index in [0.717, 1.165) is 37.2 Å². The van der Waals surface area contributed by atoms with Crippen LogP contribution in [0.5, 0.6) is 0 Å². The third kappa shape index (κ3) is 3.90. The Hall–Kier alpha value is -0.760. The highest BCUT2D eigenvalue weighted by atomic mass is 32.2. The molecule has 3 unspecified atom stereocenters. The maximum Gasteiger partial charge on any atom is 0.244 e. The summed E-state index contributed by atoms with van der Waals surface area (Å²) in [7, 11) is 0. The highest BCUT2D eigenvalue weighted by Crippen LogP contribution is 2.38. The number of hydroxylamine groups is 1. The first-order chi connectivity index (χ1) is 11.7. The van der Waals surface area contributed by atoms with Crippen LogP contribution in [0.4, 0.5) is 0 Å². The van der Waals surface area contributed by atoms with Crippen LogP contribution in [0.3, 0.4) is 0 Å². The number of rotatable bonds is 5. The Morgan fingerprint density at radius 3 is 2.83 bits per heavy atom. The van der Waals surface area contributed by atoms with Gasteiger partial charge in [0.05, 0.1) is 0 Å². The quantitative estimate of drug-likeness (QED) is 0.642. The SMILES string of the molecule is CC1CN(SC2CCNCC2)CC1NC(=O)C1C=C(C2CC2)ON1. The molecule has 1 amide bonds. The van der Waals surface area contributed by atoms with Crippen LogP contribution in [0, 0.1) is 11.8 Å². The lowest BCUT2D eigenvalue weighted by Crippen LogP contribution is -2.47. The van der Waals surface area contributed by atoms with E-state index in [4.69, 9.17) is 4.84 Å². The van der Waals surface area contributed by atoms with E-state index in [-0.39, 0.29) is 18.0 Å². The van der Waals surface area contributed by atoms with Crippen molar-refractivity contribution in [3.8, 4) is 0 Å². The van der Waals surface area contributed by atoms with E-state index >= 15 is 0 Å². The standard InChI is InChI=1S/C17H28N4O2S/c1-11-9-21(24-13-4-6-18-7-5-13)10-15(11)19-17(22)14-8-16(23-20-14)12-2-3-12/h8,11-15,18,20H,2-7,9-10H2,1H3,(H,19,22). The van der Waals surface area contributed by atoms with Gasteiger partial charge in [-0.05, 0) is 50.8 Å². The lowest BCUT2D eigenvalue weighted by molar-refractivity contribution is -0.124. The van der Waals surface area contributed by atoms with Crippen LogP contribution >= 0.6 is 11.9 Å². The average Bonchev–Trinajstić information content (AvgIpc) is 3.21. The van der Waals surface area contributed by atoms with Crippen molar-refractivity contribution in [3.05, 3.63) is 11.8 Å². The molecular formula is C17H28N4O2S. The van der Waals surface area contributed by atoms with Gasteiger partial charge in [0, 0.05) is 30.3 Å². The van der Waals surface area contributed by atoms with Crippen molar-refractivity contribution in [1.82, 2.24) is 20.4 Å². The van der Waals surface area contributed by atoms with Gasteiger partial charge in [-0.15, -0.1) is 5.48 Å². The monoisotopic (exact) mass is 352 g/mol. The van der Waals surface area contributed by atoms with Crippen molar-refractivity contribution in [2.45, 2.75) is 49.9 Å². The molecule has 3 atom stereocenters. The van der Waals surface area contributed by atoms with Crippen molar-refractivity contribution in [2.75, 3.05) is 26.2 Å². The Bertz CT molecular complexity index is 505. The van der Waals surface area contributed by atoms with E-state index < -0.39 is 0 Å². The molecule has 0 spiro atoms. The largest absolute Gasteiger partial charge is 0.412 e. The van der Waals surface area contributed by atoms with Crippen molar-refractivity contribution in [1.29, 1.82) is 0 Å². The molecule has 3 N–H and O–H groups in total. The van der Waals surface area contributed by atoms with Crippen LogP contribution in [0.15, 0.2) is 11.8 Å². The second-order valence-corrected chi connectivity index (χ2v) is 8.93. The van der Waals surface area contributed by atoms with Gasteiger partial charge in [-0.2, -0.15) is 0 Å². The summed E-state index contributed by atoms with van der Waals surface area (Å²) in [6.45, 7) is 6.48. The number of piperidine rings is 1. The molecule has 1 saturated carbocycles. The van der Waals surface area contributed by atoms with E-state index in [2.05, 4.69) is 27.3 Å². The van der Waals surface area contributed by atoms with Gasteiger partial charge < -0.3 is 15.5 Å². The molecule has 4 rings (SSSR count). The minimum absolute atomic E-state index is 0.0382. The predicted octanol–water partition coefficient (Wildman–Crippen LogP) is 1.02. The fourth-order valence-electron chi connectivity index (χ4n) is 3.66. The third-order valence-electron chi connectivity index (χ3n) is 5.39. The minimum Gasteiger partial charge on any atom is -0.412 e. The molecule has 0 radical (unpaired) electrons. The van der Waals surface area contributed by atoms with Crippen LogP contribution in [0.25, 0.3) is 0 Å². The fourth-order valence-corrected chi connectivity index (χ4v) is 5.10. The highest BCUT2D eigenvalue weighted by molar-refractivity contribution is 7.97. The number of nitrogens with zero attached hydrogens (tertiary/aromatic N) is 1. The average molecular weight is 353 g/mol. The molecule has 2 saturated heterocycles. The summed E-state index contributed by atoms with van der Waals surface area (Å²) in [5, 5.41) is 7.37. The van der Waals surface area contributed by atoms with E-state index in [0.29, 0.717) is 11.8 Å². The van der Waals surface area contributed by atoms with Crippen LogP contribution in [0.1, 0.15) is 32.6 Å². The maximum absolute atomic E-state index is 12.5. The van der Waals surface area contributed by atoms with Crippen molar-refractivity contribution >= 4 is 17.9 Å². The minimum atomic E-state index is -0.334. The van der Waals surface area contributed by atoms with Crippen LogP contribution in [0.2, 0.25) is 0 Å². The van der Waals surface area contributed by atoms with Crippen LogP contribution < -0.4 is 16.1 Å². The van der Waals surface area contributed by atoms with E-state index in [9.17, 15) is 4.79 Å². The molecule has 3 aliphatic heterocycles. The normalized spacial score (nSPS) is 34.9. The lowest BCUT2D eigenvalue weighted by Gasteiger charge is -2.26. The molecule has 24 heavy (non-hydrogen) atoms. The topological polar surface area (TPSA) is 65.6 Å². The summed E-state index contributed by atoms with van der Waals surface area (Å²) in [5.41, 5.74) is 2.86. The lowest BCUT2D eigenvalue weighted by atomic mass is 10.1. The number of nitrogens with one attached hydrogen (secondary N) is 3. The van der Waals surface area contributed by atoms with E-state index in [1.54, 1.807) is 0 Å². The third-order valence-corrected chi connectivity index (χ3v) is 6.75. The highest BCUT2D eigenvalue weighted by Gasteiger charge is 2.37. The van der Waals surface area contributed by atoms with Gasteiger partial charge in [-0.1, -0.05) is 18.9 Å². The Morgan fingerprint density at radius 2 is 2.08 bits per heavy atom. The number of amides is 1. The number of hydrogen-bond acceptors (Lipinski definition) is 6. The summed E-state index contributed by atoms with van der Waals surface area (Å²) in [6, 6.07) is -0.106. The van der Waals surface area contributed by atoms with Crippen LogP contribution in [-0.4, -0.2) is 53.7 Å². The van der Waals surface area contributed by atoms with Gasteiger partial charge in [0.25, 0.3) is 0 Å². The van der Waals surface area contributed by atoms with Crippen LogP contribution in [-0.2, 0) is 9.63 Å². The van der Waals surface area contributed by atoms with Gasteiger partial charge in [0.15, 0.2) is 0 Å². The summed E-state index contributed by atoms with van der Waals surface area (Å²) in [5.74, 6) is 2.02. The zero-order valence-corrected chi connectivity index (χ0v) is 15.1. The Labute approximate surface area is 148 Å². The van der Waals surface area contributed by atoms with Crippen molar-refractivity contribution < 1.29 is 9.63 Å². The zero-order chi connectivity index (χ0) is 16.5. The number of carbonyl (C=O) groups is 1. The van der Waals surface area contributed by atoms with Gasteiger partial charge >= 0.3 is 0 Å².